The molecule has 55 heavy (non-hydrogen) atoms. The number of hydrogen-bond donors (Lipinski definition) is 1. The molecule has 0 aliphatic carbocycles. The largest absolute Gasteiger partial charge is 0.496 e. The molecule has 2 atom stereocenters. The lowest BCUT2D eigenvalue weighted by Gasteiger charge is -2.37. The van der Waals surface area contributed by atoms with E-state index >= 15 is 0 Å². The number of piperidine rings is 2. The van der Waals surface area contributed by atoms with Crippen LogP contribution in [0.4, 0.5) is 10.5 Å². The number of piperazine rings is 1. The van der Waals surface area contributed by atoms with Gasteiger partial charge in [0.1, 0.15) is 17.5 Å². The van der Waals surface area contributed by atoms with Crippen molar-refractivity contribution in [2.75, 3.05) is 78.5 Å². The molecule has 6 aliphatic rings. The van der Waals surface area contributed by atoms with Crippen molar-refractivity contribution in [3.05, 3.63) is 58.8 Å². The number of hydrogen-bond acceptors (Lipinski definition) is 10. The molecule has 0 radical (unpaired) electrons. The first kappa shape index (κ1) is 37.0. The van der Waals surface area contributed by atoms with Gasteiger partial charge in [0.25, 0.3) is 11.8 Å². The van der Waals surface area contributed by atoms with Gasteiger partial charge in [-0.15, -0.1) is 0 Å². The maximum atomic E-state index is 13.3. The number of nitrogens with one attached hydrogen (secondary N) is 1. The normalized spacial score (nSPS) is 24.0. The Morgan fingerprint density at radius 3 is 2.15 bits per heavy atom. The van der Waals surface area contributed by atoms with Crippen LogP contribution in [0.1, 0.15) is 76.8 Å². The summed E-state index contributed by atoms with van der Waals surface area (Å²) in [5, 5.41) is 2.25. The van der Waals surface area contributed by atoms with Gasteiger partial charge in [0.2, 0.25) is 11.8 Å². The molecule has 0 saturated carbocycles. The van der Waals surface area contributed by atoms with Crippen LogP contribution in [0.2, 0.25) is 0 Å². The standard InChI is InChI=1S/C41H51N7O7/c1-43-24-31(33-5-4-13-47(33)41(43)53)27-21-35(54-2)32(36(22-27)55-3)25-45-19-17-44(18-20-45)14-10-26-11-15-46(16-12-26)28-6-7-29-30(23-28)40(52)48(39(29)51)34-8-9-37(49)42-38(34)50/h6-7,21-24,26,33-34H,4-5,8-20,25H2,1-3H3,(H,42,49,50). The zero-order valence-corrected chi connectivity index (χ0v) is 32.1. The summed E-state index contributed by atoms with van der Waals surface area (Å²) in [5.74, 6) is 0.310. The Morgan fingerprint density at radius 2 is 1.45 bits per heavy atom. The smallest absolute Gasteiger partial charge is 0.324 e. The fourth-order valence-electron chi connectivity index (χ4n) is 9.34. The quantitative estimate of drug-likeness (QED) is 0.360. The van der Waals surface area contributed by atoms with Crippen molar-refractivity contribution in [1.82, 2.24) is 29.8 Å². The third kappa shape index (κ3) is 7.06. The van der Waals surface area contributed by atoms with Gasteiger partial charge in [0.05, 0.1) is 37.0 Å². The van der Waals surface area contributed by atoms with Crippen molar-refractivity contribution >= 4 is 40.9 Å². The Balaban J connectivity index is 0.818. The van der Waals surface area contributed by atoms with Gasteiger partial charge in [0.15, 0.2) is 0 Å². The van der Waals surface area contributed by atoms with Gasteiger partial charge in [-0.2, -0.15) is 0 Å². The number of methoxy groups -OCH3 is 2. The number of amides is 6. The van der Waals surface area contributed by atoms with E-state index in [-0.39, 0.29) is 30.8 Å². The summed E-state index contributed by atoms with van der Waals surface area (Å²) in [6.07, 6.45) is 7.44. The lowest BCUT2D eigenvalue weighted by molar-refractivity contribution is -0.136. The number of nitrogens with zero attached hydrogens (tertiary/aromatic N) is 6. The molecule has 2 aromatic rings. The molecule has 14 heteroatoms. The summed E-state index contributed by atoms with van der Waals surface area (Å²) in [5.41, 5.74) is 4.75. The van der Waals surface area contributed by atoms with Crippen LogP contribution in [0.25, 0.3) is 5.57 Å². The van der Waals surface area contributed by atoms with Crippen molar-refractivity contribution in [3.8, 4) is 11.5 Å². The van der Waals surface area contributed by atoms with E-state index in [1.165, 1.54) is 0 Å². The lowest BCUT2D eigenvalue weighted by atomic mass is 9.92. The number of anilines is 1. The maximum Gasteiger partial charge on any atom is 0.324 e. The zero-order chi connectivity index (χ0) is 38.4. The highest BCUT2D eigenvalue weighted by Crippen LogP contribution is 2.40. The number of urea groups is 1. The van der Waals surface area contributed by atoms with Gasteiger partial charge >= 0.3 is 6.03 Å². The molecule has 292 valence electrons. The second-order valence-corrected chi connectivity index (χ2v) is 15.7. The number of benzene rings is 2. The van der Waals surface area contributed by atoms with E-state index in [2.05, 4.69) is 32.1 Å². The molecule has 6 heterocycles. The Kier molecular flexibility index (Phi) is 10.3. The van der Waals surface area contributed by atoms with E-state index in [0.717, 1.165) is 130 Å². The first-order chi connectivity index (χ1) is 26.6. The van der Waals surface area contributed by atoms with E-state index in [9.17, 15) is 24.0 Å². The van der Waals surface area contributed by atoms with Crippen LogP contribution in [-0.2, 0) is 16.1 Å². The summed E-state index contributed by atoms with van der Waals surface area (Å²) >= 11 is 0. The summed E-state index contributed by atoms with van der Waals surface area (Å²) in [4.78, 5) is 75.2. The molecule has 0 spiro atoms. The van der Waals surface area contributed by atoms with Crippen LogP contribution in [0.3, 0.4) is 0 Å². The van der Waals surface area contributed by atoms with Gasteiger partial charge in [-0.3, -0.25) is 34.3 Å². The van der Waals surface area contributed by atoms with Gasteiger partial charge in [0, 0.05) is 77.7 Å². The van der Waals surface area contributed by atoms with Crippen LogP contribution >= 0.6 is 0 Å². The molecule has 2 unspecified atom stereocenters. The van der Waals surface area contributed by atoms with E-state index in [1.807, 2.05) is 24.2 Å². The van der Waals surface area contributed by atoms with Crippen molar-refractivity contribution < 1.29 is 33.4 Å². The van der Waals surface area contributed by atoms with Gasteiger partial charge in [-0.25, -0.2) is 4.79 Å². The highest BCUT2D eigenvalue weighted by atomic mass is 16.5. The molecule has 14 nitrogen and oxygen atoms in total. The van der Waals surface area contributed by atoms with Crippen molar-refractivity contribution in [3.63, 3.8) is 0 Å². The van der Waals surface area contributed by atoms with E-state index in [4.69, 9.17) is 9.47 Å². The summed E-state index contributed by atoms with van der Waals surface area (Å²) < 4.78 is 11.9. The second-order valence-electron chi connectivity index (χ2n) is 15.7. The predicted octanol–water partition coefficient (Wildman–Crippen LogP) is 3.40. The third-order valence-electron chi connectivity index (χ3n) is 12.5. The minimum absolute atomic E-state index is 0.0566. The summed E-state index contributed by atoms with van der Waals surface area (Å²) in [6.45, 7) is 8.27. The van der Waals surface area contributed by atoms with E-state index < -0.39 is 23.8 Å². The average Bonchev–Trinajstić information content (AvgIpc) is 3.79. The molecular weight excluding hydrogens is 702 g/mol. The van der Waals surface area contributed by atoms with Gasteiger partial charge < -0.3 is 29.1 Å². The molecule has 6 aliphatic heterocycles. The Morgan fingerprint density at radius 1 is 0.764 bits per heavy atom. The molecule has 8 rings (SSSR count). The van der Waals surface area contributed by atoms with Crippen LogP contribution in [0.5, 0.6) is 11.5 Å². The first-order valence-corrected chi connectivity index (χ1v) is 19.7. The van der Waals surface area contributed by atoms with Crippen molar-refractivity contribution in [2.45, 2.75) is 63.6 Å². The van der Waals surface area contributed by atoms with Crippen molar-refractivity contribution in [2.24, 2.45) is 5.92 Å². The highest BCUT2D eigenvalue weighted by Gasteiger charge is 2.45. The molecular formula is C41H51N7O7. The molecule has 1 N–H and O–H groups in total. The monoisotopic (exact) mass is 753 g/mol. The molecule has 0 bridgehead atoms. The Bertz CT molecular complexity index is 1890. The molecule has 6 amide bonds. The van der Waals surface area contributed by atoms with Crippen LogP contribution in [-0.4, -0.2) is 140 Å². The number of carbonyl (C=O) groups is 5. The molecule has 0 aromatic heterocycles. The topological polar surface area (TPSA) is 135 Å². The van der Waals surface area contributed by atoms with Crippen LogP contribution < -0.4 is 19.7 Å². The minimum atomic E-state index is -0.960. The maximum absolute atomic E-state index is 13.3. The fourth-order valence-corrected chi connectivity index (χ4v) is 9.34. The average molecular weight is 754 g/mol. The number of imide groups is 2. The zero-order valence-electron chi connectivity index (χ0n) is 32.1. The number of fused-ring (bicyclic) bond motifs is 2. The van der Waals surface area contributed by atoms with Crippen molar-refractivity contribution in [1.29, 1.82) is 0 Å². The second kappa shape index (κ2) is 15.3. The Labute approximate surface area is 321 Å². The third-order valence-corrected chi connectivity index (χ3v) is 12.5. The van der Waals surface area contributed by atoms with Crippen LogP contribution in [0.15, 0.2) is 36.5 Å². The molecule has 4 fully saturated rings. The SMILES string of the molecule is COc1cc(C2=CN(C)C(=O)N3CCCC23)cc(OC)c1CN1CCN(CCC2CCN(c3ccc4c(c3)C(=O)N(C3CCC(=O)NC3=O)C4=O)CC2)CC1. The first-order valence-electron chi connectivity index (χ1n) is 19.7. The van der Waals surface area contributed by atoms with Gasteiger partial charge in [-0.05, 0) is 92.5 Å². The highest BCUT2D eigenvalue weighted by molar-refractivity contribution is 6.23. The minimum Gasteiger partial charge on any atom is -0.496 e. The Hall–Kier alpha value is -4.95. The molecule has 2 aromatic carbocycles. The van der Waals surface area contributed by atoms with E-state index in [1.54, 1.807) is 31.3 Å². The van der Waals surface area contributed by atoms with Crippen LogP contribution in [0, 0.1) is 5.92 Å². The summed E-state index contributed by atoms with van der Waals surface area (Å²) in [7, 11) is 5.24. The summed E-state index contributed by atoms with van der Waals surface area (Å²) in [6, 6.07) is 8.78. The number of carbonyl (C=O) groups excluding carboxylic acids is 5. The molecule has 4 saturated heterocycles. The lowest BCUT2D eigenvalue weighted by Crippen LogP contribution is -2.54. The van der Waals surface area contributed by atoms with E-state index in [0.29, 0.717) is 17.0 Å². The number of rotatable bonds is 10. The predicted molar refractivity (Wildman–Crippen MR) is 205 cm³/mol. The fraction of sp³-hybridized carbons (Fsp3) is 0.537. The van der Waals surface area contributed by atoms with Gasteiger partial charge in [-0.1, -0.05) is 0 Å². The number of ether oxygens (including phenoxy) is 2.